The van der Waals surface area contributed by atoms with E-state index in [1.54, 1.807) is 25.3 Å². The van der Waals surface area contributed by atoms with Gasteiger partial charge in [0, 0.05) is 43.2 Å². The molecule has 4 rings (SSSR count). The number of hydrogen-bond donors (Lipinski definition) is 1. The molecule has 0 saturated carbocycles. The van der Waals surface area contributed by atoms with E-state index in [-0.39, 0.29) is 0 Å². The molecule has 178 valence electrons. The van der Waals surface area contributed by atoms with E-state index >= 15 is 0 Å². The van der Waals surface area contributed by atoms with Crippen LogP contribution in [0, 0.1) is 17.6 Å². The number of pyridine rings is 2. The minimum Gasteiger partial charge on any atom is -0.396 e. The van der Waals surface area contributed by atoms with Crippen LogP contribution in [0.3, 0.4) is 0 Å². The monoisotopic (exact) mass is 470 g/mol. The molecule has 1 N–H and O–H groups in total. The summed E-state index contributed by atoms with van der Waals surface area (Å²) in [4.78, 5) is 15.5. The van der Waals surface area contributed by atoms with Gasteiger partial charge in [-0.2, -0.15) is 4.39 Å². The quantitative estimate of drug-likeness (QED) is 0.319. The van der Waals surface area contributed by atoms with Crippen LogP contribution in [-0.2, 0) is 17.0 Å². The number of aromatic nitrogens is 2. The molecule has 0 amide bonds. The summed E-state index contributed by atoms with van der Waals surface area (Å²) in [7, 11) is 0. The zero-order valence-corrected chi connectivity index (χ0v) is 18.7. The number of oxime groups is 1. The van der Waals surface area contributed by atoms with E-state index in [0.29, 0.717) is 61.6 Å². The molecule has 2 aromatic heterocycles. The first-order valence-electron chi connectivity index (χ1n) is 11.1. The summed E-state index contributed by atoms with van der Waals surface area (Å²) in [6, 6.07) is 10.0. The van der Waals surface area contributed by atoms with Gasteiger partial charge in [-0.05, 0) is 55.7 Å². The molecule has 1 aromatic carbocycles. The van der Waals surface area contributed by atoms with E-state index < -0.39 is 23.2 Å². The second-order valence-corrected chi connectivity index (χ2v) is 8.22. The summed E-state index contributed by atoms with van der Waals surface area (Å²) in [5.41, 5.74) is 1.70. The lowest BCUT2D eigenvalue weighted by atomic mass is 9.85. The molecule has 0 unspecified atom stereocenters. The standard InChI is InChI=1S/C25H25F3N4O2/c1-2-34-31-24(18-4-6-20(26)21(27)13-18)22-7-3-17(14-29-22)16-32-11-9-25(33,10-12-32)19-5-8-23(28)30-15-19/h3-8,13-15,33H,2,9-12,16H2,1H3/b31-24+. The molecular formula is C25H25F3N4O2. The minimum atomic E-state index is -1.02. The van der Waals surface area contributed by atoms with Crippen LogP contribution >= 0.6 is 0 Å². The van der Waals surface area contributed by atoms with Crippen LogP contribution in [0.2, 0.25) is 0 Å². The third-order valence-electron chi connectivity index (χ3n) is 5.90. The summed E-state index contributed by atoms with van der Waals surface area (Å²) >= 11 is 0. The fourth-order valence-corrected chi connectivity index (χ4v) is 3.96. The smallest absolute Gasteiger partial charge is 0.212 e. The number of piperidine rings is 1. The summed E-state index contributed by atoms with van der Waals surface area (Å²) in [6.45, 7) is 4.03. The molecule has 6 nitrogen and oxygen atoms in total. The lowest BCUT2D eigenvalue weighted by Gasteiger charge is -2.38. The van der Waals surface area contributed by atoms with Gasteiger partial charge in [0.25, 0.3) is 0 Å². The van der Waals surface area contributed by atoms with Gasteiger partial charge in [-0.3, -0.25) is 9.88 Å². The first-order valence-corrected chi connectivity index (χ1v) is 11.1. The van der Waals surface area contributed by atoms with Gasteiger partial charge in [-0.25, -0.2) is 13.8 Å². The van der Waals surface area contributed by atoms with Crippen LogP contribution in [0.15, 0.2) is 60.0 Å². The van der Waals surface area contributed by atoms with E-state index in [4.69, 9.17) is 4.84 Å². The van der Waals surface area contributed by atoms with Crippen LogP contribution in [0.1, 0.15) is 42.1 Å². The maximum Gasteiger partial charge on any atom is 0.212 e. The molecule has 34 heavy (non-hydrogen) atoms. The molecule has 0 atom stereocenters. The Morgan fingerprint density at radius 1 is 1.03 bits per heavy atom. The van der Waals surface area contributed by atoms with Crippen molar-refractivity contribution in [2.24, 2.45) is 5.16 Å². The highest BCUT2D eigenvalue weighted by atomic mass is 19.2. The molecule has 9 heteroatoms. The summed E-state index contributed by atoms with van der Waals surface area (Å²) in [5, 5.41) is 15.0. The zero-order chi connectivity index (χ0) is 24.1. The van der Waals surface area contributed by atoms with Gasteiger partial charge < -0.3 is 9.94 Å². The molecule has 0 aliphatic carbocycles. The number of rotatable bonds is 7. The summed E-state index contributed by atoms with van der Waals surface area (Å²) in [5.74, 6) is -2.48. The Bertz CT molecular complexity index is 1150. The topological polar surface area (TPSA) is 70.8 Å². The first-order chi connectivity index (χ1) is 16.4. The third-order valence-corrected chi connectivity index (χ3v) is 5.90. The Labute approximate surface area is 195 Å². The van der Waals surface area contributed by atoms with Crippen LogP contribution in [-0.4, -0.2) is 45.4 Å². The molecule has 3 aromatic rings. The number of nitrogens with zero attached hydrogens (tertiary/aromatic N) is 4. The highest BCUT2D eigenvalue weighted by Crippen LogP contribution is 2.32. The number of benzene rings is 1. The average molecular weight is 470 g/mol. The molecule has 1 fully saturated rings. The van der Waals surface area contributed by atoms with Gasteiger partial charge in [0.2, 0.25) is 5.95 Å². The van der Waals surface area contributed by atoms with E-state index in [9.17, 15) is 18.3 Å². The fourth-order valence-electron chi connectivity index (χ4n) is 3.96. The van der Waals surface area contributed by atoms with Crippen molar-refractivity contribution in [1.82, 2.24) is 14.9 Å². The van der Waals surface area contributed by atoms with Crippen LogP contribution in [0.25, 0.3) is 0 Å². The zero-order valence-electron chi connectivity index (χ0n) is 18.7. The maximum atomic E-state index is 13.7. The Morgan fingerprint density at radius 3 is 2.44 bits per heavy atom. The fraction of sp³-hybridized carbons (Fsp3) is 0.320. The molecule has 1 aliphatic heterocycles. The normalized spacial score (nSPS) is 16.4. The largest absolute Gasteiger partial charge is 0.396 e. The minimum absolute atomic E-state index is 0.309. The van der Waals surface area contributed by atoms with Crippen molar-refractivity contribution >= 4 is 5.71 Å². The number of likely N-dealkylation sites (tertiary alicyclic amines) is 1. The third kappa shape index (κ3) is 5.43. The molecule has 0 spiro atoms. The second-order valence-electron chi connectivity index (χ2n) is 8.22. The van der Waals surface area contributed by atoms with E-state index in [1.807, 2.05) is 6.07 Å². The van der Waals surface area contributed by atoms with Gasteiger partial charge >= 0.3 is 0 Å². The van der Waals surface area contributed by atoms with E-state index in [0.717, 1.165) is 17.7 Å². The Kier molecular flexibility index (Phi) is 7.23. The van der Waals surface area contributed by atoms with Crippen molar-refractivity contribution in [1.29, 1.82) is 0 Å². The highest BCUT2D eigenvalue weighted by molar-refractivity contribution is 6.11. The predicted molar refractivity (Wildman–Crippen MR) is 120 cm³/mol. The van der Waals surface area contributed by atoms with Gasteiger partial charge in [0.05, 0.1) is 11.3 Å². The molecule has 0 radical (unpaired) electrons. The van der Waals surface area contributed by atoms with E-state index in [1.165, 1.54) is 18.3 Å². The Morgan fingerprint density at radius 2 is 1.82 bits per heavy atom. The first kappa shape index (κ1) is 23.8. The molecule has 1 aliphatic rings. The average Bonchev–Trinajstić information content (AvgIpc) is 2.84. The molecular weight excluding hydrogens is 445 g/mol. The second kappa shape index (κ2) is 10.3. The maximum absolute atomic E-state index is 13.7. The van der Waals surface area contributed by atoms with Gasteiger partial charge in [0.15, 0.2) is 11.6 Å². The van der Waals surface area contributed by atoms with Crippen molar-refractivity contribution < 1.29 is 23.1 Å². The van der Waals surface area contributed by atoms with E-state index in [2.05, 4.69) is 20.0 Å². The Hall–Kier alpha value is -3.30. The summed E-state index contributed by atoms with van der Waals surface area (Å²) < 4.78 is 40.2. The van der Waals surface area contributed by atoms with Gasteiger partial charge in [0.1, 0.15) is 12.3 Å². The predicted octanol–water partition coefficient (Wildman–Crippen LogP) is 4.17. The SMILES string of the molecule is CCO/N=C(\c1ccc(F)c(F)c1)c1ccc(CN2CCC(O)(c3ccc(F)nc3)CC2)cn1. The lowest BCUT2D eigenvalue weighted by Crippen LogP contribution is -2.42. The number of hydrogen-bond acceptors (Lipinski definition) is 6. The van der Waals surface area contributed by atoms with Crippen molar-refractivity contribution in [3.8, 4) is 0 Å². The molecule has 1 saturated heterocycles. The van der Waals surface area contributed by atoms with Crippen molar-refractivity contribution in [2.45, 2.75) is 31.9 Å². The van der Waals surface area contributed by atoms with Crippen molar-refractivity contribution in [3.63, 3.8) is 0 Å². The lowest BCUT2D eigenvalue weighted by molar-refractivity contribution is -0.0280. The van der Waals surface area contributed by atoms with Crippen molar-refractivity contribution in [3.05, 3.63) is 94.8 Å². The molecule has 3 heterocycles. The molecule has 0 bridgehead atoms. The van der Waals surface area contributed by atoms with Crippen LogP contribution in [0.5, 0.6) is 0 Å². The summed E-state index contributed by atoms with van der Waals surface area (Å²) in [6.07, 6.45) is 4.11. The van der Waals surface area contributed by atoms with Crippen molar-refractivity contribution in [2.75, 3.05) is 19.7 Å². The van der Waals surface area contributed by atoms with Gasteiger partial charge in [-0.15, -0.1) is 0 Å². The van der Waals surface area contributed by atoms with Gasteiger partial charge in [-0.1, -0.05) is 17.3 Å². The number of halogens is 3. The number of aliphatic hydroxyl groups is 1. The van der Waals surface area contributed by atoms with Crippen LogP contribution < -0.4 is 0 Å². The Balaban J connectivity index is 1.43. The van der Waals surface area contributed by atoms with Crippen LogP contribution in [0.4, 0.5) is 13.2 Å². The highest BCUT2D eigenvalue weighted by Gasteiger charge is 2.34.